The molecule has 1 fully saturated rings. The van der Waals surface area contributed by atoms with E-state index < -0.39 is 17.9 Å². The highest BCUT2D eigenvalue weighted by molar-refractivity contribution is 6.05. The highest BCUT2D eigenvalue weighted by Crippen LogP contribution is 2.34. The number of carbonyl (C=O) groups is 4. The molecule has 0 radical (unpaired) electrons. The molecule has 0 bridgehead atoms. The lowest BCUT2D eigenvalue weighted by molar-refractivity contribution is -0.200. The monoisotopic (exact) mass is 516 g/mol. The van der Waals surface area contributed by atoms with E-state index >= 15 is 0 Å². The summed E-state index contributed by atoms with van der Waals surface area (Å²) in [6.07, 6.45) is 0.152. The highest BCUT2D eigenvalue weighted by Gasteiger charge is 2.44. The molecule has 3 heterocycles. The van der Waals surface area contributed by atoms with Crippen LogP contribution in [0.3, 0.4) is 0 Å². The van der Waals surface area contributed by atoms with Crippen molar-refractivity contribution in [3.05, 3.63) is 81.9 Å². The van der Waals surface area contributed by atoms with Crippen molar-refractivity contribution in [3.8, 4) is 5.75 Å². The Kier molecular flexibility index (Phi) is 6.71. The van der Waals surface area contributed by atoms with Crippen molar-refractivity contribution in [3.63, 3.8) is 0 Å². The van der Waals surface area contributed by atoms with Crippen LogP contribution < -0.4 is 4.74 Å². The summed E-state index contributed by atoms with van der Waals surface area (Å²) < 4.78 is 8.30. The minimum Gasteiger partial charge on any atom is -0.489 e. The first-order valence-electron chi connectivity index (χ1n) is 12.4. The Labute approximate surface area is 219 Å². The minimum absolute atomic E-state index is 0.0106. The van der Waals surface area contributed by atoms with Crippen LogP contribution in [0.4, 0.5) is 0 Å². The number of imide groups is 1. The molecule has 1 atom stereocenters. The summed E-state index contributed by atoms with van der Waals surface area (Å²) in [7, 11) is 0. The van der Waals surface area contributed by atoms with Crippen molar-refractivity contribution in [2.75, 3.05) is 0 Å². The number of benzene rings is 2. The van der Waals surface area contributed by atoms with Crippen LogP contribution in [0.5, 0.6) is 5.75 Å². The molecule has 0 spiro atoms. The third-order valence-corrected chi connectivity index (χ3v) is 7.23. The predicted molar refractivity (Wildman–Crippen MR) is 135 cm³/mol. The first-order valence-corrected chi connectivity index (χ1v) is 12.4. The van der Waals surface area contributed by atoms with E-state index in [4.69, 9.17) is 4.74 Å². The van der Waals surface area contributed by atoms with E-state index in [9.17, 15) is 19.2 Å². The average Bonchev–Trinajstić information content (AvgIpc) is 3.36. The Hall–Kier alpha value is -4.47. The number of hydrogen-bond donors (Lipinski definition) is 0. The van der Waals surface area contributed by atoms with Crippen LogP contribution >= 0.6 is 0 Å². The van der Waals surface area contributed by atoms with Crippen LogP contribution in [0.2, 0.25) is 0 Å². The quantitative estimate of drug-likeness (QED) is 0.334. The van der Waals surface area contributed by atoms with Gasteiger partial charge < -0.3 is 19.0 Å². The molecular formula is C28H28N4O6. The normalized spacial score (nSPS) is 17.1. The zero-order chi connectivity index (χ0) is 27.0. The Bertz CT molecular complexity index is 1430. The van der Waals surface area contributed by atoms with Crippen molar-refractivity contribution in [2.45, 2.75) is 59.4 Å². The van der Waals surface area contributed by atoms with Crippen LogP contribution in [-0.2, 0) is 38.9 Å². The van der Waals surface area contributed by atoms with Crippen molar-refractivity contribution in [2.24, 2.45) is 0 Å². The fourth-order valence-corrected chi connectivity index (χ4v) is 5.04. The van der Waals surface area contributed by atoms with Crippen molar-refractivity contribution < 1.29 is 28.8 Å². The SMILES string of the molecule is Cc1nc(C)n(Cc2ccc(COc3cccc4c3CN(C3CCC(=O)N(OC=O)C3=O)C4=O)cc2)c1C. The predicted octanol–water partition coefficient (Wildman–Crippen LogP) is 3.00. The van der Waals surface area contributed by atoms with Gasteiger partial charge in [0.15, 0.2) is 0 Å². The van der Waals surface area contributed by atoms with Gasteiger partial charge in [-0.2, -0.15) is 0 Å². The summed E-state index contributed by atoms with van der Waals surface area (Å²) in [6.45, 7) is 7.32. The molecule has 0 N–H and O–H groups in total. The summed E-state index contributed by atoms with van der Waals surface area (Å²) in [5, 5.41) is 0.440. The highest BCUT2D eigenvalue weighted by atomic mass is 16.7. The van der Waals surface area contributed by atoms with E-state index in [-0.39, 0.29) is 31.8 Å². The van der Waals surface area contributed by atoms with Crippen LogP contribution in [0.1, 0.15) is 57.1 Å². The number of hydroxylamine groups is 2. The summed E-state index contributed by atoms with van der Waals surface area (Å²) >= 11 is 0. The zero-order valence-corrected chi connectivity index (χ0v) is 21.5. The number of amides is 3. The van der Waals surface area contributed by atoms with Crippen molar-refractivity contribution >= 4 is 24.2 Å². The average molecular weight is 517 g/mol. The molecule has 0 aliphatic carbocycles. The lowest BCUT2D eigenvalue weighted by Crippen LogP contribution is -2.54. The number of piperidine rings is 1. The van der Waals surface area contributed by atoms with Gasteiger partial charge in [0.25, 0.3) is 17.7 Å². The first-order chi connectivity index (χ1) is 18.3. The summed E-state index contributed by atoms with van der Waals surface area (Å²) in [6, 6.07) is 12.5. The molecule has 1 saturated heterocycles. The van der Waals surface area contributed by atoms with Gasteiger partial charge in [0.1, 0.15) is 24.2 Å². The number of nitrogens with zero attached hydrogens (tertiary/aromatic N) is 4. The van der Waals surface area contributed by atoms with Crippen LogP contribution in [0.15, 0.2) is 42.5 Å². The van der Waals surface area contributed by atoms with Gasteiger partial charge in [-0.25, -0.2) is 4.98 Å². The van der Waals surface area contributed by atoms with Crippen molar-refractivity contribution in [1.82, 2.24) is 19.5 Å². The minimum atomic E-state index is -0.903. The molecule has 5 rings (SSSR count). The number of aryl methyl sites for hydroxylation is 2. The fraction of sp³-hybridized carbons (Fsp3) is 0.321. The van der Waals surface area contributed by atoms with E-state index in [1.54, 1.807) is 18.2 Å². The number of ether oxygens (including phenoxy) is 1. The zero-order valence-electron chi connectivity index (χ0n) is 21.5. The van der Waals surface area contributed by atoms with Gasteiger partial charge in [-0.1, -0.05) is 30.3 Å². The van der Waals surface area contributed by atoms with E-state index in [0.717, 1.165) is 34.9 Å². The van der Waals surface area contributed by atoms with Crippen LogP contribution in [0.25, 0.3) is 0 Å². The third-order valence-electron chi connectivity index (χ3n) is 7.23. The number of imidazole rings is 1. The molecule has 1 aromatic heterocycles. The Morgan fingerprint density at radius 1 is 1.03 bits per heavy atom. The van der Waals surface area contributed by atoms with Crippen molar-refractivity contribution in [1.29, 1.82) is 0 Å². The van der Waals surface area contributed by atoms with Gasteiger partial charge in [-0.3, -0.25) is 19.2 Å². The Balaban J connectivity index is 1.27. The Morgan fingerprint density at radius 3 is 2.45 bits per heavy atom. The molecule has 10 nitrogen and oxygen atoms in total. The number of hydrogen-bond acceptors (Lipinski definition) is 7. The lowest BCUT2D eigenvalue weighted by atomic mass is 10.0. The molecule has 196 valence electrons. The molecule has 1 unspecified atom stereocenters. The van der Waals surface area contributed by atoms with E-state index in [2.05, 4.69) is 33.4 Å². The molecular weight excluding hydrogens is 488 g/mol. The summed E-state index contributed by atoms with van der Waals surface area (Å²) in [4.78, 5) is 59.1. The van der Waals surface area contributed by atoms with E-state index in [1.807, 2.05) is 26.0 Å². The standard InChI is InChI=1S/C28H28N4O6/c1-17-18(2)30(19(3)29-17)13-20-7-9-21(10-8-20)15-37-25-6-4-5-22-23(25)14-31(27(22)35)24-11-12-26(34)32(28(24)36)38-16-33/h4-10,16,24H,11-15H2,1-3H3. The maximum atomic E-state index is 13.1. The number of fused-ring (bicyclic) bond motifs is 1. The molecule has 2 aromatic carbocycles. The van der Waals surface area contributed by atoms with Gasteiger partial charge in [0, 0.05) is 29.8 Å². The lowest BCUT2D eigenvalue weighted by Gasteiger charge is -2.33. The smallest absolute Gasteiger partial charge is 0.321 e. The topological polar surface area (TPSA) is 111 Å². The molecule has 0 saturated carbocycles. The van der Waals surface area contributed by atoms with E-state index in [1.165, 1.54) is 4.90 Å². The van der Waals surface area contributed by atoms with E-state index in [0.29, 0.717) is 28.5 Å². The number of carbonyl (C=O) groups excluding carboxylic acids is 4. The van der Waals surface area contributed by atoms with Crippen LogP contribution in [0, 0.1) is 20.8 Å². The van der Waals surface area contributed by atoms with Crippen LogP contribution in [-0.4, -0.2) is 49.7 Å². The largest absolute Gasteiger partial charge is 0.489 e. The molecule has 2 aliphatic rings. The maximum absolute atomic E-state index is 13.1. The number of aromatic nitrogens is 2. The molecule has 38 heavy (non-hydrogen) atoms. The summed E-state index contributed by atoms with van der Waals surface area (Å²) in [5.41, 5.74) is 5.46. The maximum Gasteiger partial charge on any atom is 0.321 e. The number of rotatable bonds is 8. The first kappa shape index (κ1) is 25.2. The molecule has 3 aromatic rings. The second kappa shape index (κ2) is 10.1. The van der Waals surface area contributed by atoms with Gasteiger partial charge in [0.2, 0.25) is 0 Å². The third kappa shape index (κ3) is 4.53. The molecule has 2 aliphatic heterocycles. The Morgan fingerprint density at radius 2 is 1.76 bits per heavy atom. The summed E-state index contributed by atoms with van der Waals surface area (Å²) in [5.74, 6) is -0.118. The van der Waals surface area contributed by atoms with Gasteiger partial charge in [0.05, 0.1) is 12.2 Å². The fourth-order valence-electron chi connectivity index (χ4n) is 5.04. The van der Waals surface area contributed by atoms with Gasteiger partial charge in [-0.15, -0.1) is 5.06 Å². The molecule has 10 heteroatoms. The van der Waals surface area contributed by atoms with Gasteiger partial charge in [-0.05, 0) is 50.5 Å². The van der Waals surface area contributed by atoms with Gasteiger partial charge >= 0.3 is 6.47 Å². The second-order valence-corrected chi connectivity index (χ2v) is 9.52. The second-order valence-electron chi connectivity index (χ2n) is 9.52. The molecule has 3 amide bonds.